The van der Waals surface area contributed by atoms with Crippen LogP contribution in [0.4, 0.5) is 0 Å². The Hall–Kier alpha value is -0.340. The molecule has 2 nitrogen and oxygen atoms in total. The average Bonchev–Trinajstić information content (AvgIpc) is 2.28. The van der Waals surface area contributed by atoms with Crippen LogP contribution in [0.5, 0.6) is 0 Å². The van der Waals surface area contributed by atoms with Crippen molar-refractivity contribution >= 4 is 0 Å². The summed E-state index contributed by atoms with van der Waals surface area (Å²) < 4.78 is 0. The second-order valence-corrected chi connectivity index (χ2v) is 6.41. The second-order valence-electron chi connectivity index (χ2n) is 6.41. The molecule has 1 N–H and O–H groups in total. The molecular formula is C16H32N2. The molecule has 0 saturated carbocycles. The lowest BCUT2D eigenvalue weighted by atomic mass is 9.98. The molecular weight excluding hydrogens is 220 g/mol. The van der Waals surface area contributed by atoms with Crippen molar-refractivity contribution in [1.82, 2.24) is 10.2 Å². The van der Waals surface area contributed by atoms with Gasteiger partial charge in [-0.2, -0.15) is 0 Å². The number of allylic oxidation sites excluding steroid dienone is 1. The minimum atomic E-state index is 0.684. The fourth-order valence-electron chi connectivity index (χ4n) is 2.80. The zero-order valence-electron chi connectivity index (χ0n) is 13.0. The van der Waals surface area contributed by atoms with E-state index in [9.17, 15) is 0 Å². The van der Waals surface area contributed by atoms with E-state index < -0.39 is 0 Å². The minimum absolute atomic E-state index is 0.684. The van der Waals surface area contributed by atoms with E-state index in [0.717, 1.165) is 18.5 Å². The molecule has 0 aromatic heterocycles. The molecule has 2 heteroatoms. The van der Waals surface area contributed by atoms with E-state index in [4.69, 9.17) is 0 Å². The highest BCUT2D eigenvalue weighted by Crippen LogP contribution is 2.16. The van der Waals surface area contributed by atoms with Crippen molar-refractivity contribution in [2.75, 3.05) is 19.6 Å². The van der Waals surface area contributed by atoms with Crippen LogP contribution in [-0.4, -0.2) is 36.6 Å². The number of nitrogens with zero attached hydrogens (tertiary/aromatic N) is 1. The van der Waals surface area contributed by atoms with Gasteiger partial charge in [0.2, 0.25) is 0 Å². The van der Waals surface area contributed by atoms with E-state index in [0.29, 0.717) is 6.04 Å². The molecule has 0 aliphatic carbocycles. The SMILES string of the molecule is CCCC1CNC(CC(C)C)CN1CC=C(C)C. The van der Waals surface area contributed by atoms with Gasteiger partial charge in [0.15, 0.2) is 0 Å². The highest BCUT2D eigenvalue weighted by atomic mass is 15.2. The molecule has 1 fully saturated rings. The molecule has 1 aliphatic heterocycles. The molecule has 1 saturated heterocycles. The van der Waals surface area contributed by atoms with Gasteiger partial charge < -0.3 is 5.32 Å². The summed E-state index contributed by atoms with van der Waals surface area (Å²) in [6.07, 6.45) is 6.27. The van der Waals surface area contributed by atoms with E-state index >= 15 is 0 Å². The zero-order chi connectivity index (χ0) is 13.5. The summed E-state index contributed by atoms with van der Waals surface area (Å²) in [6.45, 7) is 14.8. The van der Waals surface area contributed by atoms with Crippen LogP contribution in [0.1, 0.15) is 53.9 Å². The van der Waals surface area contributed by atoms with E-state index in [1.165, 1.54) is 37.9 Å². The molecule has 1 rings (SSSR count). The van der Waals surface area contributed by atoms with Crippen LogP contribution in [-0.2, 0) is 0 Å². The minimum Gasteiger partial charge on any atom is -0.311 e. The lowest BCUT2D eigenvalue weighted by Crippen LogP contribution is -2.56. The highest BCUT2D eigenvalue weighted by molar-refractivity contribution is 4.98. The van der Waals surface area contributed by atoms with Crippen molar-refractivity contribution in [3.05, 3.63) is 11.6 Å². The Balaban J connectivity index is 2.55. The predicted molar refractivity (Wildman–Crippen MR) is 80.9 cm³/mol. The maximum Gasteiger partial charge on any atom is 0.0224 e. The largest absolute Gasteiger partial charge is 0.311 e. The first-order valence-electron chi connectivity index (χ1n) is 7.63. The summed E-state index contributed by atoms with van der Waals surface area (Å²) >= 11 is 0. The molecule has 0 radical (unpaired) electrons. The maximum atomic E-state index is 3.74. The first kappa shape index (κ1) is 15.7. The smallest absolute Gasteiger partial charge is 0.0224 e. The van der Waals surface area contributed by atoms with E-state index in [2.05, 4.69) is 50.9 Å². The molecule has 106 valence electrons. The maximum absolute atomic E-state index is 3.74. The van der Waals surface area contributed by atoms with Gasteiger partial charge in [0.25, 0.3) is 0 Å². The fraction of sp³-hybridized carbons (Fsp3) is 0.875. The Labute approximate surface area is 114 Å². The van der Waals surface area contributed by atoms with Crippen molar-refractivity contribution < 1.29 is 0 Å². The summed E-state index contributed by atoms with van der Waals surface area (Å²) in [5, 5.41) is 3.74. The number of nitrogens with one attached hydrogen (secondary N) is 1. The third kappa shape index (κ3) is 5.53. The average molecular weight is 252 g/mol. The van der Waals surface area contributed by atoms with Crippen LogP contribution in [0.15, 0.2) is 11.6 Å². The van der Waals surface area contributed by atoms with Crippen molar-refractivity contribution in [3.8, 4) is 0 Å². The summed E-state index contributed by atoms with van der Waals surface area (Å²) in [5.41, 5.74) is 1.43. The van der Waals surface area contributed by atoms with Crippen LogP contribution in [0.25, 0.3) is 0 Å². The molecule has 0 aromatic carbocycles. The van der Waals surface area contributed by atoms with Crippen LogP contribution < -0.4 is 5.32 Å². The van der Waals surface area contributed by atoms with Gasteiger partial charge >= 0.3 is 0 Å². The summed E-state index contributed by atoms with van der Waals surface area (Å²) in [5.74, 6) is 0.788. The first-order valence-corrected chi connectivity index (χ1v) is 7.63. The predicted octanol–water partition coefficient (Wildman–Crippen LogP) is 3.44. The first-order chi connectivity index (χ1) is 8.52. The van der Waals surface area contributed by atoms with Crippen LogP contribution in [0.2, 0.25) is 0 Å². The third-order valence-corrected chi connectivity index (χ3v) is 3.73. The summed E-state index contributed by atoms with van der Waals surface area (Å²) in [6, 6.07) is 1.41. The molecule has 1 aliphatic rings. The van der Waals surface area contributed by atoms with E-state index in [1.807, 2.05) is 0 Å². The lowest BCUT2D eigenvalue weighted by Gasteiger charge is -2.40. The van der Waals surface area contributed by atoms with Gasteiger partial charge in [0.1, 0.15) is 0 Å². The standard InChI is InChI=1S/C16H32N2/c1-6-7-16-11-17-15(10-14(4)5)12-18(16)9-8-13(2)3/h8,14-17H,6-7,9-12H2,1-5H3. The molecule has 0 amide bonds. The Bertz CT molecular complexity index is 254. The molecule has 0 aromatic rings. The molecule has 0 spiro atoms. The number of hydrogen-bond acceptors (Lipinski definition) is 2. The molecule has 1 heterocycles. The van der Waals surface area contributed by atoms with Gasteiger partial charge in [-0.15, -0.1) is 0 Å². The Kier molecular flexibility index (Phi) is 6.95. The topological polar surface area (TPSA) is 15.3 Å². The Morgan fingerprint density at radius 3 is 2.67 bits per heavy atom. The number of hydrogen-bond donors (Lipinski definition) is 1. The summed E-state index contributed by atoms with van der Waals surface area (Å²) in [7, 11) is 0. The quantitative estimate of drug-likeness (QED) is 0.729. The van der Waals surface area contributed by atoms with Gasteiger partial charge in [-0.25, -0.2) is 0 Å². The van der Waals surface area contributed by atoms with Gasteiger partial charge in [-0.3, -0.25) is 4.90 Å². The van der Waals surface area contributed by atoms with Crippen molar-refractivity contribution in [2.45, 2.75) is 66.0 Å². The van der Waals surface area contributed by atoms with Gasteiger partial charge in [0.05, 0.1) is 0 Å². The molecule has 2 atom stereocenters. The number of rotatable bonds is 6. The van der Waals surface area contributed by atoms with Crippen molar-refractivity contribution in [1.29, 1.82) is 0 Å². The Morgan fingerprint density at radius 1 is 1.39 bits per heavy atom. The van der Waals surface area contributed by atoms with E-state index in [1.54, 1.807) is 0 Å². The van der Waals surface area contributed by atoms with Gasteiger partial charge in [-0.1, -0.05) is 38.8 Å². The normalized spacial score (nSPS) is 25.4. The Morgan fingerprint density at radius 2 is 2.11 bits per heavy atom. The zero-order valence-corrected chi connectivity index (χ0v) is 13.0. The number of piperazine rings is 1. The highest BCUT2D eigenvalue weighted by Gasteiger charge is 2.26. The monoisotopic (exact) mass is 252 g/mol. The molecule has 0 bridgehead atoms. The van der Waals surface area contributed by atoms with Crippen LogP contribution in [0, 0.1) is 5.92 Å². The molecule has 2 unspecified atom stereocenters. The van der Waals surface area contributed by atoms with Gasteiger partial charge in [-0.05, 0) is 32.6 Å². The lowest BCUT2D eigenvalue weighted by molar-refractivity contribution is 0.128. The van der Waals surface area contributed by atoms with Gasteiger partial charge in [0, 0.05) is 31.7 Å². The van der Waals surface area contributed by atoms with E-state index in [-0.39, 0.29) is 0 Å². The summed E-state index contributed by atoms with van der Waals surface area (Å²) in [4.78, 5) is 2.68. The van der Waals surface area contributed by atoms with Crippen molar-refractivity contribution in [3.63, 3.8) is 0 Å². The van der Waals surface area contributed by atoms with Crippen LogP contribution >= 0.6 is 0 Å². The van der Waals surface area contributed by atoms with Crippen LogP contribution in [0.3, 0.4) is 0 Å². The second kappa shape index (κ2) is 7.96. The fourth-order valence-corrected chi connectivity index (χ4v) is 2.80. The van der Waals surface area contributed by atoms with Crippen molar-refractivity contribution in [2.24, 2.45) is 5.92 Å². The third-order valence-electron chi connectivity index (χ3n) is 3.73. The molecule has 18 heavy (non-hydrogen) atoms.